The summed E-state index contributed by atoms with van der Waals surface area (Å²) in [6.07, 6.45) is 6.15. The Kier molecular flexibility index (Phi) is 3.23. The Bertz CT molecular complexity index is 412. The Hall–Kier alpha value is -0.260. The summed E-state index contributed by atoms with van der Waals surface area (Å²) in [5.74, 6) is 0.857. The van der Waals surface area contributed by atoms with Crippen molar-refractivity contribution in [1.82, 2.24) is 9.97 Å². The van der Waals surface area contributed by atoms with Crippen molar-refractivity contribution in [2.75, 3.05) is 7.11 Å². The molecule has 0 aliphatic heterocycles. The second-order valence-electron chi connectivity index (χ2n) is 3.81. The number of nitrogens with one attached hydrogen (secondary N) is 1. The summed E-state index contributed by atoms with van der Waals surface area (Å²) in [6, 6.07) is 0. The lowest BCUT2D eigenvalue weighted by atomic mass is 10.0. The van der Waals surface area contributed by atoms with Crippen molar-refractivity contribution in [2.24, 2.45) is 0 Å². The lowest BCUT2D eigenvalue weighted by molar-refractivity contribution is -0.0164. The number of hydrogen-bond donors (Lipinski definition) is 1. The van der Waals surface area contributed by atoms with Gasteiger partial charge < -0.3 is 9.72 Å². The van der Waals surface area contributed by atoms with Crippen LogP contribution < -0.4 is 0 Å². The zero-order valence-corrected chi connectivity index (χ0v) is 10.9. The van der Waals surface area contributed by atoms with E-state index in [4.69, 9.17) is 17.0 Å². The van der Waals surface area contributed by atoms with Crippen molar-refractivity contribution in [1.29, 1.82) is 0 Å². The van der Waals surface area contributed by atoms with E-state index in [9.17, 15) is 0 Å². The van der Waals surface area contributed by atoms with E-state index in [1.807, 2.05) is 0 Å². The van der Waals surface area contributed by atoms with Gasteiger partial charge in [-0.3, -0.25) is 0 Å². The molecule has 0 spiro atoms. The van der Waals surface area contributed by atoms with E-state index in [1.165, 1.54) is 12.8 Å². The quantitative estimate of drug-likeness (QED) is 0.849. The van der Waals surface area contributed by atoms with Crippen LogP contribution >= 0.6 is 28.1 Å². The Morgan fingerprint density at radius 3 is 2.73 bits per heavy atom. The molecule has 0 saturated heterocycles. The summed E-state index contributed by atoms with van der Waals surface area (Å²) >= 11 is 8.51. The summed E-state index contributed by atoms with van der Waals surface area (Å²) in [4.78, 5) is 7.51. The summed E-state index contributed by atoms with van der Waals surface area (Å²) in [5, 5.41) is 0. The minimum Gasteiger partial charge on any atom is -0.370 e. The van der Waals surface area contributed by atoms with E-state index in [1.54, 1.807) is 13.3 Å². The molecule has 1 saturated carbocycles. The van der Waals surface area contributed by atoms with E-state index in [-0.39, 0.29) is 5.60 Å². The number of rotatable bonds is 2. The summed E-state index contributed by atoms with van der Waals surface area (Å²) in [5.41, 5.74) is -0.242. The summed E-state index contributed by atoms with van der Waals surface area (Å²) in [7, 11) is 1.74. The number of aromatic nitrogens is 2. The maximum atomic E-state index is 5.62. The smallest absolute Gasteiger partial charge is 0.139 e. The topological polar surface area (TPSA) is 37.9 Å². The summed E-state index contributed by atoms with van der Waals surface area (Å²) in [6.45, 7) is 0. The van der Waals surface area contributed by atoms with Gasteiger partial charge in [0.1, 0.15) is 16.1 Å². The van der Waals surface area contributed by atoms with E-state index in [2.05, 4.69) is 25.9 Å². The molecule has 0 atom stereocenters. The van der Waals surface area contributed by atoms with E-state index < -0.39 is 0 Å². The molecule has 1 aliphatic carbocycles. The van der Waals surface area contributed by atoms with Crippen molar-refractivity contribution < 1.29 is 4.74 Å². The lowest BCUT2D eigenvalue weighted by Crippen LogP contribution is -2.27. The molecule has 1 fully saturated rings. The molecular formula is C10H13BrN2OS. The molecule has 0 aromatic carbocycles. The van der Waals surface area contributed by atoms with E-state index >= 15 is 0 Å². The minimum atomic E-state index is -0.242. The van der Waals surface area contributed by atoms with Gasteiger partial charge >= 0.3 is 0 Å². The third kappa shape index (κ3) is 2.00. The van der Waals surface area contributed by atoms with Gasteiger partial charge in [0.25, 0.3) is 0 Å². The normalized spacial score (nSPS) is 19.3. The first-order valence-electron chi connectivity index (χ1n) is 4.98. The first-order chi connectivity index (χ1) is 7.18. The van der Waals surface area contributed by atoms with Crippen LogP contribution in [-0.4, -0.2) is 17.1 Å². The highest BCUT2D eigenvalue weighted by atomic mass is 79.9. The predicted molar refractivity (Wildman–Crippen MR) is 64.3 cm³/mol. The van der Waals surface area contributed by atoms with E-state index in [0.717, 1.165) is 23.1 Å². The molecule has 2 rings (SSSR count). The fourth-order valence-corrected chi connectivity index (χ4v) is 2.45. The SMILES string of the molecule is COC1(c2ncc(Br)c(=S)[nH]2)CCCC1. The number of halogens is 1. The van der Waals surface area contributed by atoms with Gasteiger partial charge in [0, 0.05) is 13.3 Å². The first kappa shape index (κ1) is 11.2. The maximum absolute atomic E-state index is 5.62. The zero-order valence-electron chi connectivity index (χ0n) is 8.55. The van der Waals surface area contributed by atoms with Gasteiger partial charge in [0.05, 0.1) is 4.47 Å². The monoisotopic (exact) mass is 288 g/mol. The van der Waals surface area contributed by atoms with Crippen LogP contribution in [-0.2, 0) is 10.3 Å². The van der Waals surface area contributed by atoms with Gasteiger partial charge in [-0.05, 0) is 41.6 Å². The predicted octanol–water partition coefficient (Wildman–Crippen LogP) is 3.32. The highest BCUT2D eigenvalue weighted by molar-refractivity contribution is 9.10. The molecule has 1 aliphatic rings. The third-order valence-electron chi connectivity index (χ3n) is 2.99. The Labute approximate surface area is 102 Å². The molecule has 82 valence electrons. The minimum absolute atomic E-state index is 0.242. The number of methoxy groups -OCH3 is 1. The largest absolute Gasteiger partial charge is 0.370 e. The highest BCUT2D eigenvalue weighted by Gasteiger charge is 2.37. The molecule has 1 aromatic heterocycles. The van der Waals surface area contributed by atoms with Crippen LogP contribution in [0.5, 0.6) is 0 Å². The van der Waals surface area contributed by atoms with Crippen LogP contribution in [0, 0.1) is 4.64 Å². The van der Waals surface area contributed by atoms with Crippen LogP contribution in [0.25, 0.3) is 0 Å². The van der Waals surface area contributed by atoms with E-state index in [0.29, 0.717) is 4.64 Å². The van der Waals surface area contributed by atoms with Gasteiger partial charge in [-0.15, -0.1) is 0 Å². The average Bonchev–Trinajstić information content (AvgIpc) is 2.72. The fourth-order valence-electron chi connectivity index (χ4n) is 2.09. The van der Waals surface area contributed by atoms with Gasteiger partial charge in [0.15, 0.2) is 0 Å². The van der Waals surface area contributed by atoms with Crippen molar-refractivity contribution in [2.45, 2.75) is 31.3 Å². The van der Waals surface area contributed by atoms with Crippen molar-refractivity contribution in [3.8, 4) is 0 Å². The van der Waals surface area contributed by atoms with Crippen molar-refractivity contribution >= 4 is 28.1 Å². The van der Waals surface area contributed by atoms with Gasteiger partial charge in [-0.25, -0.2) is 4.98 Å². The van der Waals surface area contributed by atoms with Crippen molar-refractivity contribution in [3.05, 3.63) is 21.1 Å². The number of nitrogens with zero attached hydrogens (tertiary/aromatic N) is 1. The number of aromatic amines is 1. The average molecular weight is 289 g/mol. The van der Waals surface area contributed by atoms with Crippen LogP contribution in [0.3, 0.4) is 0 Å². The molecule has 1 heterocycles. The van der Waals surface area contributed by atoms with Gasteiger partial charge in [0.2, 0.25) is 0 Å². The molecular weight excluding hydrogens is 276 g/mol. The molecule has 0 amide bonds. The van der Waals surface area contributed by atoms with Crippen LogP contribution in [0.2, 0.25) is 0 Å². The van der Waals surface area contributed by atoms with Gasteiger partial charge in [-0.1, -0.05) is 12.2 Å². The highest BCUT2D eigenvalue weighted by Crippen LogP contribution is 2.39. The zero-order chi connectivity index (χ0) is 10.9. The number of ether oxygens (including phenoxy) is 1. The van der Waals surface area contributed by atoms with Crippen LogP contribution in [0.1, 0.15) is 31.5 Å². The lowest BCUT2D eigenvalue weighted by Gasteiger charge is -2.26. The summed E-state index contributed by atoms with van der Waals surface area (Å²) < 4.78 is 7.13. The molecule has 0 radical (unpaired) electrons. The van der Waals surface area contributed by atoms with Crippen LogP contribution in [0.15, 0.2) is 10.7 Å². The second kappa shape index (κ2) is 4.31. The third-order valence-corrected chi connectivity index (χ3v) is 4.18. The molecule has 0 unspecified atom stereocenters. The molecule has 5 heteroatoms. The molecule has 1 N–H and O–H groups in total. The Morgan fingerprint density at radius 1 is 1.53 bits per heavy atom. The second-order valence-corrected chi connectivity index (χ2v) is 5.08. The van der Waals surface area contributed by atoms with Crippen LogP contribution in [0.4, 0.5) is 0 Å². The molecule has 15 heavy (non-hydrogen) atoms. The maximum Gasteiger partial charge on any atom is 0.139 e. The molecule has 0 bridgehead atoms. The Morgan fingerprint density at radius 2 is 2.20 bits per heavy atom. The number of hydrogen-bond acceptors (Lipinski definition) is 3. The number of H-pyrrole nitrogens is 1. The van der Waals surface area contributed by atoms with Gasteiger partial charge in [-0.2, -0.15) is 0 Å². The molecule has 3 nitrogen and oxygen atoms in total. The fraction of sp³-hybridized carbons (Fsp3) is 0.600. The Balaban J connectivity index is 2.43. The standard InChI is InChI=1S/C10H13BrN2OS/c1-14-10(4-2-3-5-10)9-12-6-7(11)8(15)13-9/h6H,2-5H2,1H3,(H,12,13,15). The first-order valence-corrected chi connectivity index (χ1v) is 6.18. The molecule has 1 aromatic rings. The van der Waals surface area contributed by atoms with Crippen molar-refractivity contribution in [3.63, 3.8) is 0 Å².